The number of pyridine rings is 1. The van der Waals surface area contributed by atoms with E-state index < -0.39 is 0 Å². The van der Waals surface area contributed by atoms with Gasteiger partial charge in [-0.25, -0.2) is 0 Å². The molecule has 1 fully saturated rings. The second kappa shape index (κ2) is 8.49. The van der Waals surface area contributed by atoms with Crippen LogP contribution in [0.4, 0.5) is 0 Å². The lowest BCUT2D eigenvalue weighted by Crippen LogP contribution is -3.11. The summed E-state index contributed by atoms with van der Waals surface area (Å²) in [6, 6.07) is 17.0. The molecular formula is C23H26N3O3+. The summed E-state index contributed by atoms with van der Waals surface area (Å²) in [5.41, 5.74) is 1.99. The molecule has 6 heteroatoms. The smallest absolute Gasteiger partial charge is 0.252 e. The van der Waals surface area contributed by atoms with Gasteiger partial charge in [-0.2, -0.15) is 0 Å². The number of ether oxygens (including phenoxy) is 1. The van der Waals surface area contributed by atoms with Crippen LogP contribution in [0.25, 0.3) is 10.9 Å². The third-order valence-electron chi connectivity index (χ3n) is 5.72. The topological polar surface area (TPSA) is 75.6 Å². The third-order valence-corrected chi connectivity index (χ3v) is 5.72. The largest absolute Gasteiger partial charge is 0.497 e. The molecule has 1 aliphatic rings. The number of quaternary nitrogens is 1. The van der Waals surface area contributed by atoms with Crippen LogP contribution in [-0.4, -0.2) is 37.6 Å². The second-order valence-electron chi connectivity index (χ2n) is 7.49. The zero-order valence-corrected chi connectivity index (χ0v) is 16.5. The van der Waals surface area contributed by atoms with Crippen LogP contribution in [0.15, 0.2) is 59.4 Å². The van der Waals surface area contributed by atoms with E-state index in [0.29, 0.717) is 17.6 Å². The molecule has 0 saturated carbocycles. The number of carbonyl (C=O) groups is 1. The van der Waals surface area contributed by atoms with Gasteiger partial charge in [-0.3, -0.25) is 9.59 Å². The van der Waals surface area contributed by atoms with Gasteiger partial charge in [0.25, 0.3) is 5.91 Å². The van der Waals surface area contributed by atoms with Crippen molar-refractivity contribution in [3.8, 4) is 5.75 Å². The maximum atomic E-state index is 13.0. The number of H-pyrrole nitrogens is 1. The van der Waals surface area contributed by atoms with Crippen LogP contribution in [0.3, 0.4) is 0 Å². The summed E-state index contributed by atoms with van der Waals surface area (Å²) in [5.74, 6) is 0.604. The number of aromatic amines is 1. The molecule has 29 heavy (non-hydrogen) atoms. The number of methoxy groups -OCH3 is 1. The minimum atomic E-state index is -0.272. The third kappa shape index (κ3) is 4.17. The summed E-state index contributed by atoms with van der Waals surface area (Å²) < 4.78 is 5.27. The molecule has 4 rings (SSSR count). The fourth-order valence-corrected chi connectivity index (χ4v) is 4.19. The number of benzene rings is 2. The maximum Gasteiger partial charge on any atom is 0.252 e. The Morgan fingerprint density at radius 1 is 1.14 bits per heavy atom. The van der Waals surface area contributed by atoms with Crippen molar-refractivity contribution in [1.29, 1.82) is 0 Å². The molecule has 3 aromatic rings. The number of rotatable bonds is 6. The van der Waals surface area contributed by atoms with Gasteiger partial charge in [0.05, 0.1) is 32.3 Å². The lowest BCUT2D eigenvalue weighted by molar-refractivity contribution is -0.918. The van der Waals surface area contributed by atoms with Crippen molar-refractivity contribution in [2.75, 3.05) is 26.7 Å². The van der Waals surface area contributed by atoms with Crippen molar-refractivity contribution in [3.63, 3.8) is 0 Å². The van der Waals surface area contributed by atoms with Crippen LogP contribution in [0.5, 0.6) is 5.75 Å². The fraction of sp³-hybridized carbons (Fsp3) is 0.304. The van der Waals surface area contributed by atoms with Gasteiger partial charge in [-0.05, 0) is 30.3 Å². The van der Waals surface area contributed by atoms with E-state index in [4.69, 9.17) is 4.74 Å². The molecule has 1 amide bonds. The number of hydrogen-bond acceptors (Lipinski definition) is 3. The average molecular weight is 392 g/mol. The lowest BCUT2D eigenvalue weighted by Gasteiger charge is -2.25. The Morgan fingerprint density at radius 2 is 1.86 bits per heavy atom. The molecule has 1 atom stereocenters. The highest BCUT2D eigenvalue weighted by molar-refractivity contribution is 6.05. The monoisotopic (exact) mass is 392 g/mol. The van der Waals surface area contributed by atoms with E-state index in [9.17, 15) is 9.59 Å². The van der Waals surface area contributed by atoms with Gasteiger partial charge < -0.3 is 19.9 Å². The standard InChI is InChI=1S/C23H25N3O3/c1-29-17-10-8-16(9-11-17)21(26-12-4-5-13-26)15-24-23(28)19-14-22(27)25-20-7-3-2-6-18(19)20/h2-3,6-11,14,21H,4-5,12-13,15H2,1H3,(H,24,28)(H,25,27)/p+1/t21-/m0/s1. The molecule has 0 unspecified atom stereocenters. The number of likely N-dealkylation sites (tertiary alicyclic amines) is 1. The van der Waals surface area contributed by atoms with Crippen molar-refractivity contribution < 1.29 is 14.4 Å². The van der Waals surface area contributed by atoms with Gasteiger partial charge in [-0.1, -0.05) is 18.2 Å². The first kappa shape index (κ1) is 19.2. The Balaban J connectivity index is 1.57. The minimum Gasteiger partial charge on any atom is -0.497 e. The Labute approximate surface area is 169 Å². The quantitative estimate of drug-likeness (QED) is 0.598. The number of para-hydroxylation sites is 1. The summed E-state index contributed by atoms with van der Waals surface area (Å²) in [6.07, 6.45) is 2.41. The Hall–Kier alpha value is -3.12. The van der Waals surface area contributed by atoms with E-state index in [1.807, 2.05) is 36.4 Å². The summed E-state index contributed by atoms with van der Waals surface area (Å²) >= 11 is 0. The van der Waals surface area contributed by atoms with Crippen LogP contribution >= 0.6 is 0 Å². The molecule has 150 valence electrons. The van der Waals surface area contributed by atoms with Gasteiger partial charge in [0, 0.05) is 35.4 Å². The zero-order chi connectivity index (χ0) is 20.2. The Morgan fingerprint density at radius 3 is 2.59 bits per heavy atom. The normalized spacial score (nSPS) is 15.3. The van der Waals surface area contributed by atoms with Gasteiger partial charge in [0.15, 0.2) is 0 Å². The molecule has 0 radical (unpaired) electrons. The molecule has 1 saturated heterocycles. The second-order valence-corrected chi connectivity index (χ2v) is 7.49. The first-order valence-electron chi connectivity index (χ1n) is 10.0. The van der Waals surface area contributed by atoms with E-state index in [2.05, 4.69) is 22.4 Å². The molecular weight excluding hydrogens is 366 g/mol. The van der Waals surface area contributed by atoms with Crippen LogP contribution < -0.4 is 20.5 Å². The number of carbonyl (C=O) groups excluding carboxylic acids is 1. The first-order chi connectivity index (χ1) is 14.2. The van der Waals surface area contributed by atoms with Crippen LogP contribution in [0, 0.1) is 0 Å². The summed E-state index contributed by atoms with van der Waals surface area (Å²) in [5, 5.41) is 3.83. The van der Waals surface area contributed by atoms with Crippen molar-refractivity contribution in [2.45, 2.75) is 18.9 Å². The van der Waals surface area contributed by atoms with Crippen molar-refractivity contribution in [2.24, 2.45) is 0 Å². The highest BCUT2D eigenvalue weighted by atomic mass is 16.5. The molecule has 0 spiro atoms. The van der Waals surface area contributed by atoms with Crippen LogP contribution in [0.1, 0.15) is 34.8 Å². The van der Waals surface area contributed by atoms with Gasteiger partial charge >= 0.3 is 0 Å². The van der Waals surface area contributed by atoms with E-state index >= 15 is 0 Å². The van der Waals surface area contributed by atoms with E-state index in [1.165, 1.54) is 29.4 Å². The SMILES string of the molecule is COc1ccc([C@H](CNC(=O)c2cc(=O)[nH]c3ccccc23)[NH+]2CCCC2)cc1. The summed E-state index contributed by atoms with van der Waals surface area (Å²) in [6.45, 7) is 2.71. The number of aromatic nitrogens is 1. The molecule has 3 N–H and O–H groups in total. The molecule has 2 heterocycles. The molecule has 0 bridgehead atoms. The van der Waals surface area contributed by atoms with Crippen molar-refractivity contribution in [3.05, 3.63) is 76.1 Å². The van der Waals surface area contributed by atoms with Gasteiger partial charge in [-0.15, -0.1) is 0 Å². The van der Waals surface area contributed by atoms with E-state index in [-0.39, 0.29) is 17.5 Å². The highest BCUT2D eigenvalue weighted by Crippen LogP contribution is 2.18. The fourth-order valence-electron chi connectivity index (χ4n) is 4.19. The molecule has 1 aliphatic heterocycles. The van der Waals surface area contributed by atoms with Crippen LogP contribution in [-0.2, 0) is 0 Å². The zero-order valence-electron chi connectivity index (χ0n) is 16.5. The lowest BCUT2D eigenvalue weighted by atomic mass is 10.0. The Kier molecular flexibility index (Phi) is 5.62. The number of nitrogens with one attached hydrogen (secondary N) is 3. The van der Waals surface area contributed by atoms with Crippen molar-refractivity contribution in [1.82, 2.24) is 10.3 Å². The Bertz CT molecular complexity index is 1050. The maximum absolute atomic E-state index is 13.0. The highest BCUT2D eigenvalue weighted by Gasteiger charge is 2.28. The predicted octanol–water partition coefficient (Wildman–Crippen LogP) is 1.69. The first-order valence-corrected chi connectivity index (χ1v) is 10.0. The summed E-state index contributed by atoms with van der Waals surface area (Å²) in [7, 11) is 1.66. The number of hydrogen-bond donors (Lipinski definition) is 3. The van der Waals surface area contributed by atoms with Crippen LogP contribution in [0.2, 0.25) is 0 Å². The minimum absolute atomic E-state index is 0.167. The average Bonchev–Trinajstić information content (AvgIpc) is 3.28. The number of fused-ring (bicyclic) bond motifs is 1. The summed E-state index contributed by atoms with van der Waals surface area (Å²) in [4.78, 5) is 29.2. The number of amides is 1. The van der Waals surface area contributed by atoms with Gasteiger partial charge in [0.2, 0.25) is 5.56 Å². The van der Waals surface area contributed by atoms with Gasteiger partial charge in [0.1, 0.15) is 11.8 Å². The molecule has 1 aromatic heterocycles. The van der Waals surface area contributed by atoms with E-state index in [1.54, 1.807) is 7.11 Å². The molecule has 6 nitrogen and oxygen atoms in total. The van der Waals surface area contributed by atoms with E-state index in [0.717, 1.165) is 24.2 Å². The molecule has 0 aliphatic carbocycles. The van der Waals surface area contributed by atoms with Crippen molar-refractivity contribution >= 4 is 16.8 Å². The molecule has 2 aromatic carbocycles. The predicted molar refractivity (Wildman–Crippen MR) is 113 cm³/mol.